The first-order valence-corrected chi connectivity index (χ1v) is 10.1. The Hall–Kier alpha value is -4.19. The number of aromatic nitrogens is 2. The van der Waals surface area contributed by atoms with Gasteiger partial charge in [0.1, 0.15) is 22.9 Å². The number of H-pyrrole nitrogens is 1. The number of nitrogens with zero attached hydrogens (tertiary/aromatic N) is 1. The summed E-state index contributed by atoms with van der Waals surface area (Å²) >= 11 is 0. The van der Waals surface area contributed by atoms with Gasteiger partial charge in [-0.05, 0) is 60.7 Å². The third kappa shape index (κ3) is 3.17. The maximum Gasteiger partial charge on any atom is 0.335 e. The number of rotatable bonds is 3. The average molecular weight is 426 g/mol. The van der Waals surface area contributed by atoms with Gasteiger partial charge in [0, 0.05) is 11.1 Å². The molecule has 3 N–H and O–H groups in total. The van der Waals surface area contributed by atoms with Crippen LogP contribution in [-0.4, -0.2) is 26.2 Å². The summed E-state index contributed by atoms with van der Waals surface area (Å²) in [6.45, 7) is 3.78. The van der Waals surface area contributed by atoms with Gasteiger partial charge in [0.2, 0.25) is 0 Å². The van der Waals surface area contributed by atoms with Crippen LogP contribution in [0, 0.1) is 19.7 Å². The molecule has 6 heteroatoms. The highest BCUT2D eigenvalue weighted by Gasteiger charge is 2.17. The molecule has 0 amide bonds. The first-order chi connectivity index (χ1) is 15.3. The predicted molar refractivity (Wildman–Crippen MR) is 123 cm³/mol. The fourth-order valence-electron chi connectivity index (χ4n) is 4.12. The first-order valence-electron chi connectivity index (χ1n) is 10.1. The van der Waals surface area contributed by atoms with Crippen LogP contribution in [-0.2, 0) is 0 Å². The van der Waals surface area contributed by atoms with Crippen LogP contribution in [0.25, 0.3) is 44.3 Å². The van der Waals surface area contributed by atoms with E-state index >= 15 is 0 Å². The van der Waals surface area contributed by atoms with Crippen LogP contribution in [0.3, 0.4) is 0 Å². The lowest BCUT2D eigenvalue weighted by atomic mass is 9.97. The minimum absolute atomic E-state index is 0.00212. The zero-order chi connectivity index (χ0) is 22.6. The predicted octanol–water partition coefficient (Wildman–Crippen LogP) is 6.21. The van der Waals surface area contributed by atoms with Gasteiger partial charge in [0.15, 0.2) is 0 Å². The Labute approximate surface area is 182 Å². The van der Waals surface area contributed by atoms with Crippen molar-refractivity contribution in [2.45, 2.75) is 13.8 Å². The Morgan fingerprint density at radius 2 is 1.81 bits per heavy atom. The Kier molecular flexibility index (Phi) is 4.44. The van der Waals surface area contributed by atoms with Gasteiger partial charge in [-0.1, -0.05) is 35.9 Å². The van der Waals surface area contributed by atoms with Gasteiger partial charge in [-0.25, -0.2) is 14.2 Å². The van der Waals surface area contributed by atoms with Crippen molar-refractivity contribution in [2.24, 2.45) is 0 Å². The molecule has 0 saturated carbocycles. The van der Waals surface area contributed by atoms with E-state index in [0.717, 1.165) is 22.3 Å². The number of halogens is 1. The van der Waals surface area contributed by atoms with Crippen molar-refractivity contribution in [3.63, 3.8) is 0 Å². The Morgan fingerprint density at radius 3 is 2.56 bits per heavy atom. The highest BCUT2D eigenvalue weighted by Crippen LogP contribution is 2.36. The number of hydrogen-bond donors (Lipinski definition) is 3. The number of carbonyl (C=O) groups is 1. The first kappa shape index (κ1) is 19.8. The van der Waals surface area contributed by atoms with Crippen LogP contribution < -0.4 is 0 Å². The van der Waals surface area contributed by atoms with Crippen LogP contribution in [0.4, 0.5) is 4.39 Å². The fraction of sp³-hybridized carbons (Fsp3) is 0.0769. The second kappa shape index (κ2) is 7.20. The number of aromatic carboxylic acids is 1. The summed E-state index contributed by atoms with van der Waals surface area (Å²) in [7, 11) is 0. The molecular formula is C26H19FN2O3. The number of phenolic OH excluding ortho intramolecular Hbond substituents is 1. The molecule has 1 aromatic heterocycles. The second-order valence-corrected chi connectivity index (χ2v) is 7.96. The maximum absolute atomic E-state index is 14.8. The number of carboxylic acids is 1. The summed E-state index contributed by atoms with van der Waals surface area (Å²) in [4.78, 5) is 19.3. The van der Waals surface area contributed by atoms with Gasteiger partial charge in [-0.3, -0.25) is 0 Å². The average Bonchev–Trinajstić information content (AvgIpc) is 3.17. The highest BCUT2D eigenvalue weighted by molar-refractivity contribution is 6.10. The van der Waals surface area contributed by atoms with Gasteiger partial charge in [0.25, 0.3) is 0 Å². The van der Waals surface area contributed by atoms with Crippen LogP contribution in [0.15, 0.2) is 60.7 Å². The zero-order valence-electron chi connectivity index (χ0n) is 17.4. The molecule has 0 atom stereocenters. The van der Waals surface area contributed by atoms with E-state index in [0.29, 0.717) is 33.2 Å². The molecule has 5 rings (SSSR count). The number of aryl methyl sites for hydroxylation is 2. The fourth-order valence-corrected chi connectivity index (χ4v) is 4.12. The Morgan fingerprint density at radius 1 is 1.00 bits per heavy atom. The smallest absolute Gasteiger partial charge is 0.335 e. The lowest BCUT2D eigenvalue weighted by Gasteiger charge is -2.10. The number of fused-ring (bicyclic) bond motifs is 3. The number of aromatic amines is 1. The van der Waals surface area contributed by atoms with Crippen molar-refractivity contribution in [2.75, 3.05) is 0 Å². The van der Waals surface area contributed by atoms with E-state index in [1.54, 1.807) is 18.2 Å². The lowest BCUT2D eigenvalue weighted by Crippen LogP contribution is -1.95. The number of benzene rings is 4. The molecule has 0 saturated heterocycles. The minimum Gasteiger partial charge on any atom is -0.507 e. The van der Waals surface area contributed by atoms with Crippen molar-refractivity contribution >= 4 is 27.8 Å². The number of carboxylic acid groups (broad SMARTS) is 1. The molecule has 0 fully saturated rings. The number of hydrogen-bond acceptors (Lipinski definition) is 3. The van der Waals surface area contributed by atoms with E-state index in [4.69, 9.17) is 4.98 Å². The lowest BCUT2D eigenvalue weighted by molar-refractivity contribution is 0.0696. The second-order valence-electron chi connectivity index (χ2n) is 7.96. The number of aromatic hydroxyl groups is 1. The standard InChI is InChI=1S/C26H19FN2O3/c1-13-4-3-5-15(8-13)19-12-18(14(2)9-20(19)27)25-28-21-7-6-16-10-17(26(31)32)11-22(30)23(16)24(21)29-25/h3-12,30H,1-2H3,(H,28,29)(H,31,32). The van der Waals surface area contributed by atoms with Crippen molar-refractivity contribution in [3.8, 4) is 28.3 Å². The molecule has 158 valence electrons. The summed E-state index contributed by atoms with van der Waals surface area (Å²) in [5.41, 5.74) is 4.98. The maximum atomic E-state index is 14.8. The monoisotopic (exact) mass is 426 g/mol. The summed E-state index contributed by atoms with van der Waals surface area (Å²) in [5.74, 6) is -1.03. The van der Waals surface area contributed by atoms with Gasteiger partial charge in [-0.15, -0.1) is 0 Å². The van der Waals surface area contributed by atoms with Gasteiger partial charge in [-0.2, -0.15) is 0 Å². The van der Waals surface area contributed by atoms with Gasteiger partial charge in [0.05, 0.1) is 16.5 Å². The van der Waals surface area contributed by atoms with E-state index in [2.05, 4.69) is 4.98 Å². The molecule has 4 aromatic carbocycles. The van der Waals surface area contributed by atoms with E-state index in [9.17, 15) is 19.4 Å². The quantitative estimate of drug-likeness (QED) is 0.320. The van der Waals surface area contributed by atoms with Crippen molar-refractivity contribution in [1.29, 1.82) is 0 Å². The molecule has 0 spiro atoms. The summed E-state index contributed by atoms with van der Waals surface area (Å²) in [5, 5.41) is 20.8. The molecule has 0 aliphatic carbocycles. The van der Waals surface area contributed by atoms with Crippen molar-refractivity contribution < 1.29 is 19.4 Å². The molecule has 5 aromatic rings. The van der Waals surface area contributed by atoms with E-state index in [1.165, 1.54) is 18.2 Å². The molecule has 32 heavy (non-hydrogen) atoms. The molecule has 0 aliphatic heterocycles. The number of phenols is 1. The van der Waals surface area contributed by atoms with Gasteiger partial charge >= 0.3 is 5.97 Å². The van der Waals surface area contributed by atoms with Crippen LogP contribution in [0.2, 0.25) is 0 Å². The summed E-state index contributed by atoms with van der Waals surface area (Å²) in [6.07, 6.45) is 0. The van der Waals surface area contributed by atoms with E-state index in [1.807, 2.05) is 38.1 Å². The van der Waals surface area contributed by atoms with Crippen LogP contribution in [0.1, 0.15) is 21.5 Å². The molecule has 0 bridgehead atoms. The molecule has 0 aliphatic rings. The Bertz CT molecular complexity index is 1550. The van der Waals surface area contributed by atoms with Crippen LogP contribution in [0.5, 0.6) is 5.75 Å². The normalized spacial score (nSPS) is 11.3. The Balaban J connectivity index is 1.72. The molecule has 1 heterocycles. The topological polar surface area (TPSA) is 86.2 Å². The van der Waals surface area contributed by atoms with E-state index in [-0.39, 0.29) is 17.1 Å². The van der Waals surface area contributed by atoms with Crippen molar-refractivity contribution in [1.82, 2.24) is 9.97 Å². The molecule has 0 unspecified atom stereocenters. The van der Waals surface area contributed by atoms with Crippen molar-refractivity contribution in [3.05, 3.63) is 83.2 Å². The third-order valence-corrected chi connectivity index (χ3v) is 5.69. The molecule has 0 radical (unpaired) electrons. The van der Waals surface area contributed by atoms with Crippen LogP contribution >= 0.6 is 0 Å². The minimum atomic E-state index is -1.12. The zero-order valence-corrected chi connectivity index (χ0v) is 17.4. The molecule has 5 nitrogen and oxygen atoms in total. The van der Waals surface area contributed by atoms with Gasteiger partial charge < -0.3 is 15.2 Å². The largest absolute Gasteiger partial charge is 0.507 e. The third-order valence-electron chi connectivity index (χ3n) is 5.69. The summed E-state index contributed by atoms with van der Waals surface area (Å²) < 4.78 is 14.8. The SMILES string of the molecule is Cc1cccc(-c2cc(-c3nc4c(ccc5cc(C(=O)O)cc(O)c54)[nH]3)c(C)cc2F)c1. The summed E-state index contributed by atoms with van der Waals surface area (Å²) in [6, 6.07) is 17.2. The molecular weight excluding hydrogens is 407 g/mol. The van der Waals surface area contributed by atoms with E-state index < -0.39 is 5.97 Å². The number of nitrogens with one attached hydrogen (secondary N) is 1. The number of imidazole rings is 1. The highest BCUT2D eigenvalue weighted by atomic mass is 19.1.